The van der Waals surface area contributed by atoms with Gasteiger partial charge in [0, 0.05) is 16.5 Å². The summed E-state index contributed by atoms with van der Waals surface area (Å²) in [5, 5.41) is 11.1. The quantitative estimate of drug-likeness (QED) is 0.919. The van der Waals surface area contributed by atoms with Crippen LogP contribution in [0, 0.1) is 0 Å². The maximum Gasteiger partial charge on any atom is 0.241 e. The van der Waals surface area contributed by atoms with Crippen molar-refractivity contribution in [1.29, 1.82) is 0 Å². The minimum absolute atomic E-state index is 0.0831. The van der Waals surface area contributed by atoms with Gasteiger partial charge in [-0.25, -0.2) is 0 Å². The normalized spacial score (nSPS) is 19.4. The molecule has 0 spiro atoms. The fourth-order valence-corrected chi connectivity index (χ4v) is 3.57. The number of nitrogens with one attached hydrogen (secondary N) is 1. The van der Waals surface area contributed by atoms with Gasteiger partial charge in [-0.15, -0.1) is 0 Å². The van der Waals surface area contributed by atoms with E-state index >= 15 is 0 Å². The van der Waals surface area contributed by atoms with Crippen LogP contribution in [0.1, 0.15) is 45.9 Å². The van der Waals surface area contributed by atoms with Gasteiger partial charge in [-0.1, -0.05) is 11.6 Å². The van der Waals surface area contributed by atoms with Gasteiger partial charge in [0.05, 0.1) is 12.6 Å². The molecule has 3 heterocycles. The van der Waals surface area contributed by atoms with E-state index in [0.29, 0.717) is 18.3 Å². The number of rotatable bonds is 4. The molecular formula is C17H24N4O2S. The molecule has 130 valence electrons. The van der Waals surface area contributed by atoms with Gasteiger partial charge < -0.3 is 9.84 Å². The molecule has 0 aromatic carbocycles. The molecule has 1 N–H and O–H groups in total. The molecule has 1 aliphatic rings. The predicted octanol–water partition coefficient (Wildman–Crippen LogP) is 3.07. The topological polar surface area (TPSA) is 71.3 Å². The molecular weight excluding hydrogens is 324 g/mol. The molecule has 0 saturated carbocycles. The minimum atomic E-state index is -0.225. The van der Waals surface area contributed by atoms with Crippen molar-refractivity contribution in [3.8, 4) is 11.4 Å². The van der Waals surface area contributed by atoms with Crippen LogP contribution in [0.5, 0.6) is 0 Å². The molecule has 6 nitrogen and oxygen atoms in total. The third-order valence-corrected chi connectivity index (χ3v) is 4.68. The van der Waals surface area contributed by atoms with Crippen molar-refractivity contribution in [2.75, 3.05) is 6.54 Å². The first-order valence-corrected chi connectivity index (χ1v) is 9.28. The number of nitrogens with zero attached hydrogens (tertiary/aromatic N) is 3. The van der Waals surface area contributed by atoms with Crippen LogP contribution in [0.3, 0.4) is 0 Å². The highest BCUT2D eigenvalue weighted by Crippen LogP contribution is 2.22. The van der Waals surface area contributed by atoms with E-state index in [1.54, 1.807) is 11.3 Å². The Labute approximate surface area is 146 Å². The summed E-state index contributed by atoms with van der Waals surface area (Å²) in [7, 11) is 0. The molecule has 1 aliphatic heterocycles. The summed E-state index contributed by atoms with van der Waals surface area (Å²) < 4.78 is 5.39. The van der Waals surface area contributed by atoms with Gasteiger partial charge in [0.15, 0.2) is 0 Å². The van der Waals surface area contributed by atoms with E-state index in [4.69, 9.17) is 4.52 Å². The zero-order valence-corrected chi connectivity index (χ0v) is 15.2. The van der Waals surface area contributed by atoms with Crippen LogP contribution in [0.2, 0.25) is 0 Å². The Morgan fingerprint density at radius 2 is 2.29 bits per heavy atom. The van der Waals surface area contributed by atoms with Crippen molar-refractivity contribution in [2.45, 2.75) is 58.2 Å². The standard InChI is InChI=1S/C17H24N4O2S/c1-17(2,3)19-16(22)13-6-4-5-8-21(13)10-14-18-15(20-23-14)12-7-9-24-11-12/h7,9,11,13H,4-6,8,10H2,1-3H3,(H,19,22)/t13-/m1/s1. The summed E-state index contributed by atoms with van der Waals surface area (Å²) in [6.07, 6.45) is 3.03. The molecule has 1 fully saturated rings. The maximum atomic E-state index is 12.6. The fraction of sp³-hybridized carbons (Fsp3) is 0.588. The molecule has 1 atom stereocenters. The lowest BCUT2D eigenvalue weighted by molar-refractivity contribution is -0.129. The zero-order valence-electron chi connectivity index (χ0n) is 14.4. The molecule has 7 heteroatoms. The van der Waals surface area contributed by atoms with Crippen molar-refractivity contribution in [3.63, 3.8) is 0 Å². The number of likely N-dealkylation sites (tertiary alicyclic amines) is 1. The average molecular weight is 348 g/mol. The number of carbonyl (C=O) groups is 1. The molecule has 0 unspecified atom stereocenters. The highest BCUT2D eigenvalue weighted by Gasteiger charge is 2.31. The van der Waals surface area contributed by atoms with E-state index in [-0.39, 0.29) is 17.5 Å². The minimum Gasteiger partial charge on any atom is -0.350 e. The first-order chi connectivity index (χ1) is 11.4. The molecule has 1 saturated heterocycles. The van der Waals surface area contributed by atoms with Crippen molar-refractivity contribution in [1.82, 2.24) is 20.4 Å². The number of carbonyl (C=O) groups excluding carboxylic acids is 1. The summed E-state index contributed by atoms with van der Waals surface area (Å²) in [6.45, 7) is 7.40. The van der Waals surface area contributed by atoms with Crippen molar-refractivity contribution in [2.24, 2.45) is 0 Å². The number of piperidine rings is 1. The van der Waals surface area contributed by atoms with Crippen molar-refractivity contribution >= 4 is 17.2 Å². The van der Waals surface area contributed by atoms with Gasteiger partial charge in [-0.05, 0) is 51.6 Å². The van der Waals surface area contributed by atoms with Gasteiger partial charge in [-0.3, -0.25) is 9.69 Å². The Kier molecular flexibility index (Phi) is 5.01. The second kappa shape index (κ2) is 7.03. The first-order valence-electron chi connectivity index (χ1n) is 8.33. The molecule has 0 aliphatic carbocycles. The summed E-state index contributed by atoms with van der Waals surface area (Å²) in [5.41, 5.74) is 0.743. The Hall–Kier alpha value is -1.73. The molecule has 0 radical (unpaired) electrons. The van der Waals surface area contributed by atoms with Gasteiger partial charge in [0.25, 0.3) is 0 Å². The molecule has 3 rings (SSSR count). The monoisotopic (exact) mass is 348 g/mol. The van der Waals surface area contributed by atoms with Crippen LogP contribution in [0.4, 0.5) is 0 Å². The van der Waals surface area contributed by atoms with E-state index in [2.05, 4.69) is 20.4 Å². The van der Waals surface area contributed by atoms with Crippen molar-refractivity contribution < 1.29 is 9.32 Å². The van der Waals surface area contributed by atoms with Crippen LogP contribution in [0.15, 0.2) is 21.3 Å². The van der Waals surface area contributed by atoms with Gasteiger partial charge in [0.2, 0.25) is 17.6 Å². The summed E-state index contributed by atoms with van der Waals surface area (Å²) >= 11 is 1.60. The van der Waals surface area contributed by atoms with Gasteiger partial charge in [0.1, 0.15) is 0 Å². The van der Waals surface area contributed by atoms with E-state index in [1.165, 1.54) is 0 Å². The van der Waals surface area contributed by atoms with E-state index in [1.807, 2.05) is 37.6 Å². The largest absolute Gasteiger partial charge is 0.350 e. The Balaban J connectivity index is 1.69. The molecule has 1 amide bonds. The molecule has 0 bridgehead atoms. The van der Waals surface area contributed by atoms with Crippen LogP contribution in [0.25, 0.3) is 11.4 Å². The summed E-state index contributed by atoms with van der Waals surface area (Å²) in [4.78, 5) is 19.2. The third kappa shape index (κ3) is 4.21. The first kappa shape index (κ1) is 17.1. The zero-order chi connectivity index (χ0) is 17.2. The summed E-state index contributed by atoms with van der Waals surface area (Å²) in [6, 6.07) is 1.84. The van der Waals surface area contributed by atoms with E-state index < -0.39 is 0 Å². The Morgan fingerprint density at radius 3 is 3.00 bits per heavy atom. The number of thiophene rings is 1. The van der Waals surface area contributed by atoms with Crippen LogP contribution in [-0.4, -0.2) is 39.1 Å². The number of hydrogen-bond acceptors (Lipinski definition) is 6. The lowest BCUT2D eigenvalue weighted by Crippen LogP contribution is -2.53. The smallest absolute Gasteiger partial charge is 0.241 e. The van der Waals surface area contributed by atoms with Crippen LogP contribution >= 0.6 is 11.3 Å². The van der Waals surface area contributed by atoms with Crippen molar-refractivity contribution in [3.05, 3.63) is 22.7 Å². The van der Waals surface area contributed by atoms with Crippen LogP contribution in [-0.2, 0) is 11.3 Å². The SMILES string of the molecule is CC(C)(C)NC(=O)[C@H]1CCCCN1Cc1nc(-c2ccsc2)no1. The second-order valence-corrected chi connectivity index (χ2v) is 8.03. The second-order valence-electron chi connectivity index (χ2n) is 7.25. The van der Waals surface area contributed by atoms with E-state index in [0.717, 1.165) is 31.4 Å². The predicted molar refractivity (Wildman–Crippen MR) is 93.6 cm³/mol. The molecule has 2 aromatic heterocycles. The number of hydrogen-bond donors (Lipinski definition) is 1. The highest BCUT2D eigenvalue weighted by molar-refractivity contribution is 7.08. The van der Waals surface area contributed by atoms with Gasteiger partial charge >= 0.3 is 0 Å². The Bertz CT molecular complexity index is 675. The third-order valence-electron chi connectivity index (χ3n) is 4.00. The molecule has 2 aromatic rings. The average Bonchev–Trinajstić information content (AvgIpc) is 3.16. The highest BCUT2D eigenvalue weighted by atomic mass is 32.1. The maximum absolute atomic E-state index is 12.6. The Morgan fingerprint density at radius 1 is 1.46 bits per heavy atom. The number of amides is 1. The summed E-state index contributed by atoms with van der Waals surface area (Å²) in [5.74, 6) is 1.25. The number of aromatic nitrogens is 2. The lowest BCUT2D eigenvalue weighted by Gasteiger charge is -2.35. The van der Waals surface area contributed by atoms with Crippen LogP contribution < -0.4 is 5.32 Å². The lowest BCUT2D eigenvalue weighted by atomic mass is 9.99. The fourth-order valence-electron chi connectivity index (χ4n) is 2.93. The van der Waals surface area contributed by atoms with E-state index in [9.17, 15) is 4.79 Å². The van der Waals surface area contributed by atoms with Gasteiger partial charge in [-0.2, -0.15) is 16.3 Å². The molecule has 24 heavy (non-hydrogen) atoms.